The summed E-state index contributed by atoms with van der Waals surface area (Å²) < 4.78 is 3.58. The van der Waals surface area contributed by atoms with Crippen molar-refractivity contribution in [2.45, 2.75) is 65.0 Å². The van der Waals surface area contributed by atoms with E-state index in [1.807, 2.05) is 18.7 Å². The van der Waals surface area contributed by atoms with Gasteiger partial charge < -0.3 is 40.8 Å². The number of aliphatic hydroxyl groups is 4. The van der Waals surface area contributed by atoms with Crippen LogP contribution in [0.25, 0.3) is 11.2 Å². The number of hydrogen-bond donors (Lipinski definition) is 5. The third kappa shape index (κ3) is 16.0. The Bertz CT molecular complexity index is 671. The van der Waals surface area contributed by atoms with E-state index in [1.54, 1.807) is 44.9 Å². The molecule has 2 aromatic rings. The number of hydrogen-bond acceptors (Lipinski definition) is 10. The number of anilines is 1. The van der Waals surface area contributed by atoms with Gasteiger partial charge in [0.2, 0.25) is 12.0 Å². The molecule has 0 aromatic carbocycles. The van der Waals surface area contributed by atoms with Crippen molar-refractivity contribution in [3.63, 3.8) is 0 Å². The van der Waals surface area contributed by atoms with Crippen LogP contribution in [-0.2, 0) is 30.9 Å². The van der Waals surface area contributed by atoms with E-state index in [2.05, 4.69) is 9.97 Å². The number of nitrogens with zero attached hydrogens (tertiary/aromatic N) is 5. The van der Waals surface area contributed by atoms with Crippen molar-refractivity contribution in [3.8, 4) is 0 Å². The summed E-state index contributed by atoms with van der Waals surface area (Å²) >= 11 is 0. The fourth-order valence-corrected chi connectivity index (χ4v) is 2.11. The minimum absolute atomic E-state index is 0. The van der Waals surface area contributed by atoms with Crippen molar-refractivity contribution >= 4 is 17.0 Å². The van der Waals surface area contributed by atoms with Crippen LogP contribution in [0.3, 0.4) is 0 Å². The molecule has 2 heterocycles. The van der Waals surface area contributed by atoms with Crippen LogP contribution >= 0.6 is 0 Å². The molecule has 0 saturated heterocycles. The second-order valence-electron chi connectivity index (χ2n) is 6.71. The normalized spacial score (nSPS) is 13.5. The third-order valence-corrected chi connectivity index (χ3v) is 3.25. The van der Waals surface area contributed by atoms with E-state index >= 15 is 0 Å². The topological polar surface area (TPSA) is 194 Å². The van der Waals surface area contributed by atoms with Gasteiger partial charge in [0.15, 0.2) is 5.52 Å². The molecular weight excluding hydrogens is 443 g/mol. The van der Waals surface area contributed by atoms with Gasteiger partial charge in [0.25, 0.3) is 5.82 Å². The summed E-state index contributed by atoms with van der Waals surface area (Å²) in [4.78, 5) is 16.3. The Kier molecular flexibility index (Phi) is 19.6. The fraction of sp³-hybridized carbons (Fsp3) is 0.706. The monoisotopic (exact) mass is 477 g/mol. The Morgan fingerprint density at radius 1 is 1.07 bits per heavy atom. The van der Waals surface area contributed by atoms with Crippen LogP contribution in [0.1, 0.15) is 40.5 Å². The number of aromatic nitrogens is 4. The Balaban J connectivity index is -0.000000356. The fourth-order valence-electron chi connectivity index (χ4n) is 2.11. The Hall–Kier alpha value is -1.90. The first kappa shape index (κ1) is 32.8. The van der Waals surface area contributed by atoms with E-state index in [0.29, 0.717) is 18.7 Å². The largest absolute Gasteiger partial charge is 0.444 e. The summed E-state index contributed by atoms with van der Waals surface area (Å²) in [6.45, 7) is 6.64. The van der Waals surface area contributed by atoms with Crippen LogP contribution < -0.4 is 10.3 Å². The van der Waals surface area contributed by atoms with Crippen LogP contribution in [0.4, 0.5) is 5.82 Å². The molecule has 0 amide bonds. The van der Waals surface area contributed by atoms with Gasteiger partial charge in [-0.3, -0.25) is 0 Å². The summed E-state index contributed by atoms with van der Waals surface area (Å²) in [5.74, 6) is 0.639. The van der Waals surface area contributed by atoms with E-state index < -0.39 is 0 Å². The quantitative estimate of drug-likeness (QED) is 0.227. The molecule has 6 N–H and O–H groups in total. The van der Waals surface area contributed by atoms with Crippen molar-refractivity contribution in [2.75, 3.05) is 5.73 Å². The van der Waals surface area contributed by atoms with Crippen molar-refractivity contribution in [1.82, 2.24) is 14.5 Å². The van der Waals surface area contributed by atoms with Gasteiger partial charge in [-0.25, -0.2) is 9.55 Å². The molecule has 0 aliphatic carbocycles. The average molecular weight is 477 g/mol. The Labute approximate surface area is 186 Å². The number of aliphatic hydroxyl groups excluding tert-OH is 4. The molecule has 1 radical (unpaired) electrons. The van der Waals surface area contributed by atoms with E-state index in [4.69, 9.17) is 36.3 Å². The molecule has 30 heavy (non-hydrogen) atoms. The molecule has 2 aromatic heterocycles. The average Bonchev–Trinajstić information content (AvgIpc) is 2.92. The van der Waals surface area contributed by atoms with Crippen molar-refractivity contribution in [3.05, 3.63) is 22.8 Å². The first-order valence-corrected chi connectivity index (χ1v) is 8.95. The number of fused-ring (bicyclic) bond motifs is 1. The summed E-state index contributed by atoms with van der Waals surface area (Å²) in [7, 11) is 3.73. The molecule has 0 saturated carbocycles. The van der Waals surface area contributed by atoms with Gasteiger partial charge in [0, 0.05) is 23.8 Å². The molecule has 0 aliphatic heterocycles. The summed E-state index contributed by atoms with van der Waals surface area (Å²) in [6, 6.07) is 0. The van der Waals surface area contributed by atoms with E-state index in [9.17, 15) is 0 Å². The zero-order valence-electron chi connectivity index (χ0n) is 18.1. The first-order valence-electron chi connectivity index (χ1n) is 8.95. The maximum Gasteiger partial charge on any atom is 0.250 e. The molecule has 2 rings (SSSR count). The number of aryl methyl sites for hydroxylation is 2. The van der Waals surface area contributed by atoms with Crippen molar-refractivity contribution in [2.24, 2.45) is 19.4 Å². The van der Waals surface area contributed by atoms with Crippen molar-refractivity contribution in [1.29, 1.82) is 0 Å². The number of rotatable bonds is 4. The van der Waals surface area contributed by atoms with E-state index in [1.165, 1.54) is 0 Å². The van der Waals surface area contributed by atoms with Gasteiger partial charge in [-0.15, -0.1) is 5.34 Å². The van der Waals surface area contributed by atoms with Gasteiger partial charge in [-0.05, 0) is 40.5 Å². The molecule has 177 valence electrons. The molecule has 4 unspecified atom stereocenters. The number of imidazole rings is 1. The van der Waals surface area contributed by atoms with Gasteiger partial charge in [-0.2, -0.15) is 0 Å². The molecule has 12 nitrogen and oxygen atoms in total. The molecule has 13 heteroatoms. The second kappa shape index (κ2) is 17.9. The van der Waals surface area contributed by atoms with Crippen LogP contribution in [0, 0.1) is 10.1 Å². The van der Waals surface area contributed by atoms with Gasteiger partial charge in [-0.1, -0.05) is 4.98 Å². The maximum atomic E-state index is 8.56. The number of nitrogens with two attached hydrogens (primary N) is 1. The number of nitrogen functional groups attached to an aromatic ring is 1. The van der Waals surface area contributed by atoms with Crippen LogP contribution in [-0.4, -0.2) is 59.4 Å². The van der Waals surface area contributed by atoms with E-state index in [0.717, 1.165) is 16.5 Å². The predicted octanol–water partition coefficient (Wildman–Crippen LogP) is -0.101. The van der Waals surface area contributed by atoms with Crippen molar-refractivity contribution < 1.29 is 41.8 Å². The SMILES string of the molecule is CC(O)CC(C)O.CC(O)CC(C)O.Cn1cnc2c(N)[n+](C)cnc21.O=N[O-].[Co]. The van der Waals surface area contributed by atoms with Crippen LogP contribution in [0.5, 0.6) is 0 Å². The predicted molar refractivity (Wildman–Crippen MR) is 109 cm³/mol. The maximum absolute atomic E-state index is 8.56. The zero-order valence-corrected chi connectivity index (χ0v) is 19.2. The van der Waals surface area contributed by atoms with Gasteiger partial charge in [0.1, 0.15) is 0 Å². The Morgan fingerprint density at radius 2 is 1.43 bits per heavy atom. The summed E-state index contributed by atoms with van der Waals surface area (Å²) in [5, 5.41) is 43.3. The molecule has 4 atom stereocenters. The van der Waals surface area contributed by atoms with Gasteiger partial charge >= 0.3 is 0 Å². The van der Waals surface area contributed by atoms with Crippen LogP contribution in [0.15, 0.2) is 18.0 Å². The zero-order chi connectivity index (χ0) is 23.1. The first-order chi connectivity index (χ1) is 13.4. The molecule has 0 bridgehead atoms. The summed E-state index contributed by atoms with van der Waals surface area (Å²) in [5.41, 5.74) is 7.34. The molecule has 0 fully saturated rings. The molecule has 0 aliphatic rings. The molecule has 0 spiro atoms. The minimum atomic E-state index is -0.375. The summed E-state index contributed by atoms with van der Waals surface area (Å²) in [6.07, 6.45) is 2.83. The molecular formula is C17H34CoN6O6. The minimum Gasteiger partial charge on any atom is -0.444 e. The smallest absolute Gasteiger partial charge is 0.250 e. The second-order valence-corrected chi connectivity index (χ2v) is 6.71. The van der Waals surface area contributed by atoms with E-state index in [-0.39, 0.29) is 41.2 Å². The Morgan fingerprint density at radius 3 is 1.73 bits per heavy atom. The van der Waals surface area contributed by atoms with Gasteiger partial charge in [0.05, 0.1) is 37.8 Å². The third-order valence-electron chi connectivity index (χ3n) is 3.25. The van der Waals surface area contributed by atoms with Crippen LogP contribution in [0.2, 0.25) is 0 Å². The standard InChI is InChI=1S/C7H9N5.2C5H12O2.Co.HNO2/c1-11-4-10-7-5(6(11)8)9-3-12(7)2;2*1-4(6)3-5(2)7;;2-1-3/h3-4,8H,1-2H3;2*4-7H,3H2,1-2H3;;(H,2,3).